The summed E-state index contributed by atoms with van der Waals surface area (Å²) < 4.78 is 5.13. The molecular formula is C11H19NO5. The lowest BCUT2D eigenvalue weighted by Gasteiger charge is -2.28. The fourth-order valence-electron chi connectivity index (χ4n) is 1.63. The van der Waals surface area contributed by atoms with Gasteiger partial charge in [0.05, 0.1) is 12.1 Å². The summed E-state index contributed by atoms with van der Waals surface area (Å²) in [6.07, 6.45) is -0.297. The first-order valence-corrected chi connectivity index (χ1v) is 5.73. The molecule has 0 saturated carbocycles. The van der Waals surface area contributed by atoms with Crippen molar-refractivity contribution in [3.63, 3.8) is 0 Å². The van der Waals surface area contributed by atoms with Gasteiger partial charge in [0, 0.05) is 0 Å². The number of hydrogen-bond acceptors (Lipinski definition) is 4. The zero-order valence-corrected chi connectivity index (χ0v) is 10.1. The number of hydrogen-bond donors (Lipinski definition) is 3. The van der Waals surface area contributed by atoms with Gasteiger partial charge in [-0.1, -0.05) is 6.92 Å². The average molecular weight is 245 g/mol. The van der Waals surface area contributed by atoms with Crippen LogP contribution in [0, 0.1) is 0 Å². The summed E-state index contributed by atoms with van der Waals surface area (Å²) in [5, 5.41) is 20.6. The van der Waals surface area contributed by atoms with Crippen LogP contribution in [0.15, 0.2) is 0 Å². The van der Waals surface area contributed by atoms with Gasteiger partial charge in [-0.05, 0) is 26.2 Å². The van der Waals surface area contributed by atoms with Crippen molar-refractivity contribution in [1.82, 2.24) is 5.32 Å². The zero-order valence-electron chi connectivity index (χ0n) is 10.1. The number of amides is 1. The Morgan fingerprint density at radius 3 is 2.41 bits per heavy atom. The quantitative estimate of drug-likeness (QED) is 0.628. The van der Waals surface area contributed by atoms with E-state index in [9.17, 15) is 9.59 Å². The lowest BCUT2D eigenvalue weighted by molar-refractivity contribution is -0.152. The van der Waals surface area contributed by atoms with E-state index in [1.165, 1.54) is 0 Å². The normalized spacial score (nSPS) is 27.5. The molecule has 1 heterocycles. The SMILES string of the molecule is CCC(C)(CO)NC(=O)[C@@H]1CC[C@H](C(=O)O)O1. The van der Waals surface area contributed by atoms with Crippen LogP contribution in [-0.4, -0.2) is 46.4 Å². The van der Waals surface area contributed by atoms with E-state index in [1.54, 1.807) is 6.92 Å². The van der Waals surface area contributed by atoms with E-state index in [4.69, 9.17) is 14.9 Å². The molecule has 0 radical (unpaired) electrons. The first-order valence-electron chi connectivity index (χ1n) is 5.73. The maximum Gasteiger partial charge on any atom is 0.332 e. The minimum Gasteiger partial charge on any atom is -0.479 e. The first-order chi connectivity index (χ1) is 7.91. The van der Waals surface area contributed by atoms with E-state index in [1.807, 2.05) is 6.92 Å². The standard InChI is InChI=1S/C11H19NO5/c1-3-11(2,6-13)12-9(14)7-4-5-8(17-7)10(15)16/h7-8,13H,3-6H2,1-2H3,(H,12,14)(H,15,16)/t7-,8+,11?/m0/s1. The third-order valence-electron chi connectivity index (χ3n) is 3.14. The van der Waals surface area contributed by atoms with E-state index < -0.39 is 23.7 Å². The lowest BCUT2D eigenvalue weighted by Crippen LogP contribution is -2.51. The van der Waals surface area contributed by atoms with Gasteiger partial charge in [0.25, 0.3) is 0 Å². The van der Waals surface area contributed by atoms with Crippen LogP contribution in [0.4, 0.5) is 0 Å². The minimum absolute atomic E-state index is 0.162. The second-order valence-electron chi connectivity index (χ2n) is 4.59. The van der Waals surface area contributed by atoms with Crippen LogP contribution in [0.2, 0.25) is 0 Å². The van der Waals surface area contributed by atoms with Crippen molar-refractivity contribution >= 4 is 11.9 Å². The van der Waals surface area contributed by atoms with Crippen LogP contribution in [0.3, 0.4) is 0 Å². The van der Waals surface area contributed by atoms with Gasteiger partial charge in [-0.15, -0.1) is 0 Å². The molecule has 0 aromatic heterocycles. The zero-order chi connectivity index (χ0) is 13.1. The van der Waals surface area contributed by atoms with Crippen LogP contribution in [-0.2, 0) is 14.3 Å². The molecule has 1 aliphatic heterocycles. The largest absolute Gasteiger partial charge is 0.479 e. The van der Waals surface area contributed by atoms with Gasteiger partial charge in [-0.25, -0.2) is 4.79 Å². The molecule has 1 rings (SSSR count). The molecule has 0 bridgehead atoms. The Morgan fingerprint density at radius 2 is 2.00 bits per heavy atom. The summed E-state index contributed by atoms with van der Waals surface area (Å²) in [6.45, 7) is 3.42. The monoisotopic (exact) mass is 245 g/mol. The number of ether oxygens (including phenoxy) is 1. The molecule has 0 aromatic carbocycles. The smallest absolute Gasteiger partial charge is 0.332 e. The number of carbonyl (C=O) groups excluding carboxylic acids is 1. The molecule has 0 aliphatic carbocycles. The Morgan fingerprint density at radius 1 is 1.41 bits per heavy atom. The van der Waals surface area contributed by atoms with E-state index in [0.717, 1.165) is 0 Å². The summed E-state index contributed by atoms with van der Waals surface area (Å²) in [4.78, 5) is 22.5. The Labute approximate surface area is 100.0 Å². The molecule has 1 fully saturated rings. The highest BCUT2D eigenvalue weighted by molar-refractivity contribution is 5.83. The van der Waals surface area contributed by atoms with E-state index >= 15 is 0 Å². The third kappa shape index (κ3) is 3.41. The molecule has 0 aromatic rings. The number of nitrogens with one attached hydrogen (secondary N) is 1. The topological polar surface area (TPSA) is 95.9 Å². The highest BCUT2D eigenvalue weighted by atomic mass is 16.5. The van der Waals surface area contributed by atoms with E-state index in [-0.39, 0.29) is 12.5 Å². The van der Waals surface area contributed by atoms with Crippen molar-refractivity contribution in [3.8, 4) is 0 Å². The molecule has 17 heavy (non-hydrogen) atoms. The molecule has 3 N–H and O–H groups in total. The highest BCUT2D eigenvalue weighted by Gasteiger charge is 2.36. The van der Waals surface area contributed by atoms with Crippen LogP contribution >= 0.6 is 0 Å². The molecule has 1 unspecified atom stereocenters. The fraction of sp³-hybridized carbons (Fsp3) is 0.818. The van der Waals surface area contributed by atoms with Crippen LogP contribution in [0.5, 0.6) is 0 Å². The minimum atomic E-state index is -1.04. The number of aliphatic hydroxyl groups is 1. The van der Waals surface area contributed by atoms with Crippen molar-refractivity contribution in [2.24, 2.45) is 0 Å². The summed E-state index contributed by atoms with van der Waals surface area (Å²) in [7, 11) is 0. The van der Waals surface area contributed by atoms with E-state index in [2.05, 4.69) is 5.32 Å². The summed E-state index contributed by atoms with van der Waals surface area (Å²) in [6, 6.07) is 0. The van der Waals surface area contributed by atoms with Crippen molar-refractivity contribution in [3.05, 3.63) is 0 Å². The number of aliphatic hydroxyl groups excluding tert-OH is 1. The lowest BCUT2D eigenvalue weighted by atomic mass is 9.99. The second-order valence-corrected chi connectivity index (χ2v) is 4.59. The van der Waals surface area contributed by atoms with Crippen LogP contribution in [0.25, 0.3) is 0 Å². The third-order valence-corrected chi connectivity index (χ3v) is 3.14. The number of carboxylic acid groups (broad SMARTS) is 1. The molecule has 1 amide bonds. The van der Waals surface area contributed by atoms with Gasteiger partial charge in [0.1, 0.15) is 6.10 Å². The average Bonchev–Trinajstić information content (AvgIpc) is 2.78. The molecule has 6 heteroatoms. The van der Waals surface area contributed by atoms with Crippen LogP contribution < -0.4 is 5.32 Å². The number of rotatable bonds is 5. The highest BCUT2D eigenvalue weighted by Crippen LogP contribution is 2.21. The molecule has 3 atom stereocenters. The molecule has 6 nitrogen and oxygen atoms in total. The van der Waals surface area contributed by atoms with E-state index in [0.29, 0.717) is 19.3 Å². The van der Waals surface area contributed by atoms with Gasteiger partial charge < -0.3 is 20.3 Å². The molecule has 1 aliphatic rings. The number of aliphatic carboxylic acids is 1. The van der Waals surface area contributed by atoms with Crippen molar-refractivity contribution in [2.75, 3.05) is 6.61 Å². The summed E-state index contributed by atoms with van der Waals surface area (Å²) in [5.74, 6) is -1.40. The van der Waals surface area contributed by atoms with Crippen LogP contribution in [0.1, 0.15) is 33.1 Å². The van der Waals surface area contributed by atoms with Gasteiger partial charge in [-0.3, -0.25) is 4.79 Å². The molecular weight excluding hydrogens is 226 g/mol. The van der Waals surface area contributed by atoms with Crippen molar-refractivity contribution in [2.45, 2.75) is 50.9 Å². The van der Waals surface area contributed by atoms with Crippen molar-refractivity contribution < 1.29 is 24.5 Å². The fourth-order valence-corrected chi connectivity index (χ4v) is 1.63. The predicted molar refractivity (Wildman–Crippen MR) is 59.5 cm³/mol. The van der Waals surface area contributed by atoms with Gasteiger partial charge in [-0.2, -0.15) is 0 Å². The van der Waals surface area contributed by atoms with Gasteiger partial charge >= 0.3 is 5.97 Å². The Kier molecular flexibility index (Phi) is 4.47. The Hall–Kier alpha value is -1.14. The molecule has 0 spiro atoms. The number of carbonyl (C=O) groups is 2. The Balaban J connectivity index is 2.52. The van der Waals surface area contributed by atoms with Gasteiger partial charge in [0.15, 0.2) is 6.10 Å². The molecule has 1 saturated heterocycles. The summed E-state index contributed by atoms with van der Waals surface area (Å²) in [5.41, 5.74) is -0.679. The summed E-state index contributed by atoms with van der Waals surface area (Å²) >= 11 is 0. The van der Waals surface area contributed by atoms with Crippen molar-refractivity contribution in [1.29, 1.82) is 0 Å². The first kappa shape index (κ1) is 13.9. The second kappa shape index (κ2) is 5.46. The molecule has 98 valence electrons. The van der Waals surface area contributed by atoms with Gasteiger partial charge in [0.2, 0.25) is 5.91 Å². The maximum atomic E-state index is 11.8. The number of carboxylic acids is 1. The Bertz CT molecular complexity index is 300. The maximum absolute atomic E-state index is 11.8. The predicted octanol–water partition coefficient (Wildman–Crippen LogP) is -0.104.